The van der Waals surface area contributed by atoms with Crippen LogP contribution >= 0.6 is 0 Å². The van der Waals surface area contributed by atoms with E-state index in [4.69, 9.17) is 5.11 Å². The molecule has 2 heterocycles. The number of piperidine rings is 1. The predicted molar refractivity (Wildman–Crippen MR) is 53.8 cm³/mol. The van der Waals surface area contributed by atoms with E-state index >= 15 is 0 Å². The third-order valence-corrected chi connectivity index (χ3v) is 3.00. The number of hydrogen-bond acceptors (Lipinski definition) is 5. The number of likely N-dealkylation sites (tertiary alicyclic amines) is 1. The molecule has 0 radical (unpaired) electrons. The number of carboxylic acid groups (broad SMARTS) is 1. The summed E-state index contributed by atoms with van der Waals surface area (Å²) in [5.41, 5.74) is 0. The Morgan fingerprint density at radius 2 is 1.94 bits per heavy atom. The number of imide groups is 2. The van der Waals surface area contributed by atoms with Gasteiger partial charge in [-0.15, -0.1) is 0 Å². The van der Waals surface area contributed by atoms with Crippen LogP contribution in [0.1, 0.15) is 19.3 Å². The van der Waals surface area contributed by atoms with E-state index in [1.807, 2.05) is 5.32 Å². The quantitative estimate of drug-likeness (QED) is 0.445. The van der Waals surface area contributed by atoms with Gasteiger partial charge < -0.3 is 5.11 Å². The number of carbonyl (C=O) groups excluding carboxylic acids is 4. The molecular weight excluding hydrogens is 244 g/mol. The monoisotopic (exact) mass is 254 g/mol. The standard InChI is InChI=1S/C10H10N2O6/c13-6-2-1-5(8(15)11-6)12-7(14)3-4(9(12)16)10(17)18/h4-5H,1-3H2,(H,17,18)(H,11,13,15). The summed E-state index contributed by atoms with van der Waals surface area (Å²) in [6, 6.07) is -1.08. The molecule has 2 saturated heterocycles. The number of rotatable bonds is 2. The molecule has 0 aromatic heterocycles. The highest BCUT2D eigenvalue weighted by molar-refractivity contribution is 6.15. The first kappa shape index (κ1) is 12.2. The van der Waals surface area contributed by atoms with Crippen molar-refractivity contribution in [2.45, 2.75) is 25.3 Å². The van der Waals surface area contributed by atoms with E-state index in [1.54, 1.807) is 0 Å². The van der Waals surface area contributed by atoms with Crippen molar-refractivity contribution in [3.05, 3.63) is 0 Å². The fourth-order valence-electron chi connectivity index (χ4n) is 2.10. The SMILES string of the molecule is O=C1CCC(N2C(=O)CC(C(=O)O)C2=O)C(=O)N1. The van der Waals surface area contributed by atoms with Crippen LogP contribution in [0, 0.1) is 5.92 Å². The number of nitrogens with one attached hydrogen (secondary N) is 1. The number of nitrogens with zero attached hydrogens (tertiary/aromatic N) is 1. The molecule has 2 unspecified atom stereocenters. The number of hydrogen-bond donors (Lipinski definition) is 2. The largest absolute Gasteiger partial charge is 0.481 e. The molecule has 0 spiro atoms. The number of aliphatic carboxylic acids is 1. The van der Waals surface area contributed by atoms with Gasteiger partial charge in [-0.2, -0.15) is 0 Å². The molecule has 2 rings (SSSR count). The van der Waals surface area contributed by atoms with Crippen molar-refractivity contribution >= 4 is 29.6 Å². The highest BCUT2D eigenvalue weighted by Gasteiger charge is 2.48. The average molecular weight is 254 g/mol. The molecule has 0 aliphatic carbocycles. The minimum atomic E-state index is -1.43. The highest BCUT2D eigenvalue weighted by Crippen LogP contribution is 2.25. The first-order valence-corrected chi connectivity index (χ1v) is 5.34. The third kappa shape index (κ3) is 1.85. The van der Waals surface area contributed by atoms with Crippen LogP contribution in [-0.4, -0.2) is 45.6 Å². The van der Waals surface area contributed by atoms with E-state index in [9.17, 15) is 24.0 Å². The molecule has 2 N–H and O–H groups in total. The average Bonchev–Trinajstić information content (AvgIpc) is 2.56. The van der Waals surface area contributed by atoms with Gasteiger partial charge in [-0.25, -0.2) is 0 Å². The van der Waals surface area contributed by atoms with Gasteiger partial charge >= 0.3 is 5.97 Å². The normalized spacial score (nSPS) is 28.6. The summed E-state index contributed by atoms with van der Waals surface area (Å²) in [7, 11) is 0. The van der Waals surface area contributed by atoms with Crippen LogP contribution in [-0.2, 0) is 24.0 Å². The van der Waals surface area contributed by atoms with Crippen LogP contribution in [0.5, 0.6) is 0 Å². The molecule has 2 fully saturated rings. The van der Waals surface area contributed by atoms with Crippen LogP contribution in [0.4, 0.5) is 0 Å². The summed E-state index contributed by atoms with van der Waals surface area (Å²) in [5.74, 6) is -5.60. The van der Waals surface area contributed by atoms with Gasteiger partial charge in [-0.05, 0) is 6.42 Å². The van der Waals surface area contributed by atoms with Gasteiger partial charge in [0.2, 0.25) is 23.6 Å². The van der Waals surface area contributed by atoms with Gasteiger partial charge in [-0.3, -0.25) is 34.2 Å². The summed E-state index contributed by atoms with van der Waals surface area (Å²) in [4.78, 5) is 57.3. The van der Waals surface area contributed by atoms with Gasteiger partial charge in [-0.1, -0.05) is 0 Å². The van der Waals surface area contributed by atoms with Crippen molar-refractivity contribution in [1.82, 2.24) is 10.2 Å². The van der Waals surface area contributed by atoms with E-state index in [1.165, 1.54) is 0 Å². The Morgan fingerprint density at radius 1 is 1.28 bits per heavy atom. The Kier molecular flexibility index (Phi) is 2.85. The maximum Gasteiger partial charge on any atom is 0.316 e. The van der Waals surface area contributed by atoms with Crippen molar-refractivity contribution < 1.29 is 29.1 Å². The van der Waals surface area contributed by atoms with Gasteiger partial charge in [0, 0.05) is 12.8 Å². The molecule has 0 saturated carbocycles. The van der Waals surface area contributed by atoms with Gasteiger partial charge in [0.15, 0.2) is 0 Å². The zero-order valence-corrected chi connectivity index (χ0v) is 9.21. The lowest BCUT2D eigenvalue weighted by Crippen LogP contribution is -2.54. The Bertz CT molecular complexity index is 471. The molecule has 0 aromatic rings. The van der Waals surface area contributed by atoms with Gasteiger partial charge in [0.05, 0.1) is 0 Å². The smallest absolute Gasteiger partial charge is 0.316 e. The van der Waals surface area contributed by atoms with Crippen molar-refractivity contribution in [3.8, 4) is 0 Å². The molecule has 4 amide bonds. The summed E-state index contributed by atoms with van der Waals surface area (Å²) >= 11 is 0. The fraction of sp³-hybridized carbons (Fsp3) is 0.500. The maximum atomic E-state index is 11.7. The molecule has 2 aliphatic rings. The summed E-state index contributed by atoms with van der Waals surface area (Å²) in [6.07, 6.45) is -0.383. The lowest BCUT2D eigenvalue weighted by Gasteiger charge is -2.27. The molecule has 8 heteroatoms. The topological polar surface area (TPSA) is 121 Å². The molecule has 0 aromatic carbocycles. The van der Waals surface area contributed by atoms with Crippen molar-refractivity contribution in [2.24, 2.45) is 5.92 Å². The summed E-state index contributed by atoms with van der Waals surface area (Å²) in [6.45, 7) is 0. The highest BCUT2D eigenvalue weighted by atomic mass is 16.4. The van der Waals surface area contributed by atoms with E-state index in [-0.39, 0.29) is 12.8 Å². The van der Waals surface area contributed by atoms with E-state index in [2.05, 4.69) is 0 Å². The zero-order valence-electron chi connectivity index (χ0n) is 9.21. The van der Waals surface area contributed by atoms with E-state index in [0.29, 0.717) is 4.90 Å². The maximum absolute atomic E-state index is 11.7. The number of amides is 4. The molecule has 0 bridgehead atoms. The predicted octanol–water partition coefficient (Wildman–Crippen LogP) is -1.75. The molecule has 2 aliphatic heterocycles. The Labute approximate surface area is 101 Å². The molecule has 18 heavy (non-hydrogen) atoms. The molecule has 8 nitrogen and oxygen atoms in total. The fourth-order valence-corrected chi connectivity index (χ4v) is 2.10. The zero-order chi connectivity index (χ0) is 13.4. The van der Waals surface area contributed by atoms with Crippen LogP contribution in [0.2, 0.25) is 0 Å². The molecule has 96 valence electrons. The second-order valence-electron chi connectivity index (χ2n) is 4.16. The number of carbonyl (C=O) groups is 5. The molecular formula is C10H10N2O6. The first-order chi connectivity index (χ1) is 8.41. The van der Waals surface area contributed by atoms with E-state index < -0.39 is 48.0 Å². The number of carboxylic acids is 1. The van der Waals surface area contributed by atoms with Gasteiger partial charge in [0.25, 0.3) is 0 Å². The minimum Gasteiger partial charge on any atom is -0.481 e. The van der Waals surface area contributed by atoms with Crippen LogP contribution < -0.4 is 5.32 Å². The summed E-state index contributed by atoms with van der Waals surface area (Å²) < 4.78 is 0. The van der Waals surface area contributed by atoms with Gasteiger partial charge in [0.1, 0.15) is 12.0 Å². The van der Waals surface area contributed by atoms with Crippen molar-refractivity contribution in [1.29, 1.82) is 0 Å². The second kappa shape index (κ2) is 4.21. The lowest BCUT2D eigenvalue weighted by atomic mass is 10.0. The summed E-state index contributed by atoms with van der Waals surface area (Å²) in [5, 5.41) is 10.8. The Hall–Kier alpha value is -2.25. The minimum absolute atomic E-state index is 0.0191. The van der Waals surface area contributed by atoms with E-state index in [0.717, 1.165) is 0 Å². The third-order valence-electron chi connectivity index (χ3n) is 3.00. The molecule has 2 atom stereocenters. The lowest BCUT2D eigenvalue weighted by molar-refractivity contribution is -0.154. The Balaban J connectivity index is 2.21. The first-order valence-electron chi connectivity index (χ1n) is 5.34. The van der Waals surface area contributed by atoms with Crippen LogP contribution in [0.15, 0.2) is 0 Å². The van der Waals surface area contributed by atoms with Crippen LogP contribution in [0.3, 0.4) is 0 Å². The van der Waals surface area contributed by atoms with Crippen molar-refractivity contribution in [2.75, 3.05) is 0 Å². The van der Waals surface area contributed by atoms with Crippen LogP contribution in [0.25, 0.3) is 0 Å². The van der Waals surface area contributed by atoms with Crippen molar-refractivity contribution in [3.63, 3.8) is 0 Å². The Morgan fingerprint density at radius 3 is 2.44 bits per heavy atom. The second-order valence-corrected chi connectivity index (χ2v) is 4.16.